The highest BCUT2D eigenvalue weighted by molar-refractivity contribution is 7.89. The fourth-order valence-corrected chi connectivity index (χ4v) is 2.97. The van der Waals surface area contributed by atoms with Gasteiger partial charge in [-0.2, -0.15) is 21.6 Å². The maximum absolute atomic E-state index is 11.1. The molecule has 8 nitrogen and oxygen atoms in total. The SMILES string of the molecule is [N-]=[N+]=C1C=C(S(=O)(=O)O)Cc2cc(S(=O)(=O)O)ccc21. The maximum Gasteiger partial charge on any atom is 0.323 e. The summed E-state index contributed by atoms with van der Waals surface area (Å²) in [5, 5.41) is 0. The fourth-order valence-electron chi connectivity index (χ4n) is 1.84. The van der Waals surface area contributed by atoms with Crippen LogP contribution in [-0.2, 0) is 26.7 Å². The van der Waals surface area contributed by atoms with Gasteiger partial charge < -0.3 is 5.53 Å². The third-order valence-corrected chi connectivity index (χ3v) is 4.53. The lowest BCUT2D eigenvalue weighted by atomic mass is 9.95. The zero-order valence-electron chi connectivity index (χ0n) is 9.75. The highest BCUT2D eigenvalue weighted by Crippen LogP contribution is 2.26. The van der Waals surface area contributed by atoms with E-state index in [0.717, 1.165) is 18.2 Å². The minimum Gasteiger partial charge on any atom is -0.361 e. The molecular formula is C10H8N2O6S2. The Morgan fingerprint density at radius 3 is 2.25 bits per heavy atom. The summed E-state index contributed by atoms with van der Waals surface area (Å²) in [6, 6.07) is 3.41. The molecule has 0 fully saturated rings. The molecule has 2 rings (SSSR count). The lowest BCUT2D eigenvalue weighted by Gasteiger charge is -2.13. The van der Waals surface area contributed by atoms with E-state index in [2.05, 4.69) is 4.79 Å². The Morgan fingerprint density at radius 1 is 1.10 bits per heavy atom. The monoisotopic (exact) mass is 316 g/mol. The van der Waals surface area contributed by atoms with Crippen molar-refractivity contribution >= 4 is 25.9 Å². The number of nitrogens with zero attached hydrogens (tertiary/aromatic N) is 2. The number of fused-ring (bicyclic) bond motifs is 1. The molecule has 10 heteroatoms. The average Bonchev–Trinajstić information content (AvgIpc) is 2.34. The molecule has 0 unspecified atom stereocenters. The first-order valence-electron chi connectivity index (χ1n) is 5.14. The summed E-state index contributed by atoms with van der Waals surface area (Å²) in [5.41, 5.74) is 9.19. The molecule has 0 heterocycles. The van der Waals surface area contributed by atoms with Crippen LogP contribution >= 0.6 is 0 Å². The van der Waals surface area contributed by atoms with E-state index in [4.69, 9.17) is 14.6 Å². The van der Waals surface area contributed by atoms with Crippen molar-refractivity contribution in [2.24, 2.45) is 0 Å². The molecule has 0 atom stereocenters. The van der Waals surface area contributed by atoms with Crippen molar-refractivity contribution in [1.29, 1.82) is 0 Å². The largest absolute Gasteiger partial charge is 0.361 e. The Balaban J connectivity index is 2.68. The van der Waals surface area contributed by atoms with Gasteiger partial charge in [-0.1, -0.05) is 0 Å². The molecule has 2 N–H and O–H groups in total. The molecule has 106 valence electrons. The Hall–Kier alpha value is -1.84. The lowest BCUT2D eigenvalue weighted by Crippen LogP contribution is -2.17. The standard InChI is InChI=1S/C10H8N2O6S2/c11-12-10-5-8(20(16,17)18)4-6-3-7(19(13,14)15)1-2-9(6)10/h1-3,5H,4H2,(H,13,14,15)(H,16,17,18). The molecule has 0 aromatic heterocycles. The van der Waals surface area contributed by atoms with Crippen molar-refractivity contribution in [2.45, 2.75) is 11.3 Å². The summed E-state index contributed by atoms with van der Waals surface area (Å²) < 4.78 is 62.3. The van der Waals surface area contributed by atoms with Crippen LogP contribution in [0.15, 0.2) is 34.1 Å². The van der Waals surface area contributed by atoms with E-state index in [1.165, 1.54) is 6.07 Å². The zero-order valence-corrected chi connectivity index (χ0v) is 11.4. The lowest BCUT2D eigenvalue weighted by molar-refractivity contribution is -0.00238. The smallest absolute Gasteiger partial charge is 0.323 e. The van der Waals surface area contributed by atoms with Crippen LogP contribution in [0.1, 0.15) is 11.1 Å². The molecule has 1 aromatic carbocycles. The Morgan fingerprint density at radius 2 is 1.75 bits per heavy atom. The van der Waals surface area contributed by atoms with Gasteiger partial charge >= 0.3 is 5.71 Å². The zero-order chi connectivity index (χ0) is 15.1. The fraction of sp³-hybridized carbons (Fsp3) is 0.100. The van der Waals surface area contributed by atoms with Crippen LogP contribution in [0.4, 0.5) is 0 Å². The van der Waals surface area contributed by atoms with Gasteiger partial charge in [0, 0.05) is 12.5 Å². The highest BCUT2D eigenvalue weighted by Gasteiger charge is 2.28. The number of hydrogen-bond acceptors (Lipinski definition) is 4. The van der Waals surface area contributed by atoms with Crippen molar-refractivity contribution in [2.75, 3.05) is 0 Å². The quantitative estimate of drug-likeness (QED) is 0.455. The number of benzene rings is 1. The second-order valence-electron chi connectivity index (χ2n) is 4.04. The average molecular weight is 316 g/mol. The Bertz CT molecular complexity index is 876. The Labute approximate surface area is 114 Å². The van der Waals surface area contributed by atoms with E-state index in [1.54, 1.807) is 0 Å². The molecule has 0 saturated heterocycles. The van der Waals surface area contributed by atoms with Crippen LogP contribution in [0.25, 0.3) is 5.53 Å². The molecule has 0 amide bonds. The van der Waals surface area contributed by atoms with E-state index >= 15 is 0 Å². The van der Waals surface area contributed by atoms with E-state index in [1.807, 2.05) is 0 Å². The van der Waals surface area contributed by atoms with Crippen molar-refractivity contribution < 1.29 is 30.7 Å². The van der Waals surface area contributed by atoms with Gasteiger partial charge in [0.2, 0.25) is 0 Å². The third-order valence-electron chi connectivity index (χ3n) is 2.75. The normalized spacial score (nSPS) is 15.3. The van der Waals surface area contributed by atoms with Gasteiger partial charge in [0.15, 0.2) is 0 Å². The number of rotatable bonds is 2. The van der Waals surface area contributed by atoms with Gasteiger partial charge in [0.05, 0.1) is 15.4 Å². The van der Waals surface area contributed by atoms with Gasteiger partial charge in [-0.3, -0.25) is 9.11 Å². The molecule has 0 aliphatic heterocycles. The van der Waals surface area contributed by atoms with Crippen LogP contribution in [0.3, 0.4) is 0 Å². The molecule has 20 heavy (non-hydrogen) atoms. The molecule has 0 radical (unpaired) electrons. The van der Waals surface area contributed by atoms with Crippen molar-refractivity contribution in [3.63, 3.8) is 0 Å². The predicted octanol–water partition coefficient (Wildman–Crippen LogP) is 0.280. The molecular weight excluding hydrogens is 308 g/mol. The van der Waals surface area contributed by atoms with Gasteiger partial charge in [0.1, 0.15) is 0 Å². The second kappa shape index (κ2) is 4.62. The molecule has 1 aliphatic rings. The number of allylic oxidation sites excluding steroid dienone is 2. The van der Waals surface area contributed by atoms with E-state index in [0.29, 0.717) is 5.56 Å². The first-order valence-corrected chi connectivity index (χ1v) is 8.02. The molecule has 1 aromatic rings. The minimum absolute atomic E-state index is 0.138. The van der Waals surface area contributed by atoms with E-state index < -0.39 is 30.0 Å². The van der Waals surface area contributed by atoms with Gasteiger partial charge in [-0.25, -0.2) is 0 Å². The maximum atomic E-state index is 11.1. The van der Waals surface area contributed by atoms with Crippen LogP contribution in [0, 0.1) is 0 Å². The van der Waals surface area contributed by atoms with E-state index in [9.17, 15) is 16.8 Å². The second-order valence-corrected chi connectivity index (χ2v) is 6.94. The van der Waals surface area contributed by atoms with Crippen molar-refractivity contribution in [3.05, 3.63) is 45.8 Å². The summed E-state index contributed by atoms with van der Waals surface area (Å²) in [6.45, 7) is 0. The first kappa shape index (κ1) is 14.6. The molecule has 0 spiro atoms. The summed E-state index contributed by atoms with van der Waals surface area (Å²) in [6.07, 6.45) is 0.696. The van der Waals surface area contributed by atoms with Crippen LogP contribution in [0.5, 0.6) is 0 Å². The predicted molar refractivity (Wildman–Crippen MR) is 67.3 cm³/mol. The number of hydrogen-bond donors (Lipinski definition) is 2. The van der Waals surface area contributed by atoms with Gasteiger partial charge in [0.25, 0.3) is 20.2 Å². The summed E-state index contributed by atoms with van der Waals surface area (Å²) in [4.78, 5) is 2.03. The highest BCUT2D eigenvalue weighted by atomic mass is 32.2. The minimum atomic E-state index is -4.50. The molecule has 0 bridgehead atoms. The van der Waals surface area contributed by atoms with Crippen molar-refractivity contribution in [3.8, 4) is 0 Å². The third kappa shape index (κ3) is 2.69. The van der Waals surface area contributed by atoms with Crippen molar-refractivity contribution in [1.82, 2.24) is 0 Å². The van der Waals surface area contributed by atoms with Crippen LogP contribution < -0.4 is 0 Å². The van der Waals surface area contributed by atoms with Crippen LogP contribution in [0.2, 0.25) is 0 Å². The van der Waals surface area contributed by atoms with Gasteiger partial charge in [-0.15, -0.1) is 0 Å². The molecule has 1 aliphatic carbocycles. The summed E-state index contributed by atoms with van der Waals surface area (Å²) >= 11 is 0. The van der Waals surface area contributed by atoms with Crippen LogP contribution in [-0.4, -0.2) is 36.4 Å². The summed E-state index contributed by atoms with van der Waals surface area (Å²) in [5.74, 6) is 0. The Kier molecular flexibility index (Phi) is 3.36. The van der Waals surface area contributed by atoms with Gasteiger partial charge in [-0.05, 0) is 23.8 Å². The molecule has 0 saturated carbocycles. The first-order chi connectivity index (χ1) is 9.13. The van der Waals surface area contributed by atoms with E-state index in [-0.39, 0.29) is 17.7 Å². The summed E-state index contributed by atoms with van der Waals surface area (Å²) in [7, 11) is -8.95. The topological polar surface area (TPSA) is 145 Å².